The molecule has 0 fully saturated rings. The first kappa shape index (κ1) is 10.8. The molecule has 0 saturated heterocycles. The molecule has 88 valence electrons. The van der Waals surface area contributed by atoms with Crippen LogP contribution < -0.4 is 4.90 Å². The van der Waals surface area contributed by atoms with Gasteiger partial charge >= 0.3 is 0 Å². The van der Waals surface area contributed by atoms with Crippen molar-refractivity contribution in [2.45, 2.75) is 18.7 Å². The molecule has 0 saturated carbocycles. The van der Waals surface area contributed by atoms with E-state index < -0.39 is 11.6 Å². The van der Waals surface area contributed by atoms with Crippen LogP contribution in [-0.2, 0) is 0 Å². The quantitative estimate of drug-likeness (QED) is 0.707. The van der Waals surface area contributed by atoms with E-state index in [9.17, 15) is 13.6 Å². The van der Waals surface area contributed by atoms with E-state index in [1.807, 2.05) is 17.2 Å². The van der Waals surface area contributed by atoms with Crippen LogP contribution in [0.3, 0.4) is 0 Å². The number of fused-ring (bicyclic) bond motifs is 3. The third-order valence-corrected chi connectivity index (χ3v) is 4.19. The van der Waals surface area contributed by atoms with Crippen LogP contribution in [0.15, 0.2) is 23.2 Å². The summed E-state index contributed by atoms with van der Waals surface area (Å²) in [6, 6.07) is 2.11. The van der Waals surface area contributed by atoms with Crippen molar-refractivity contribution >= 4 is 23.2 Å². The van der Waals surface area contributed by atoms with Crippen LogP contribution >= 0.6 is 11.8 Å². The molecular weight excluding hydrogens is 244 g/mol. The fourth-order valence-corrected chi connectivity index (χ4v) is 3.35. The molecule has 1 atom stereocenters. The molecular formula is C12H9F2NOS. The highest BCUT2D eigenvalue weighted by Gasteiger charge is 2.36. The Kier molecular flexibility index (Phi) is 2.26. The van der Waals surface area contributed by atoms with Gasteiger partial charge in [0.05, 0.1) is 11.1 Å². The van der Waals surface area contributed by atoms with Crippen molar-refractivity contribution in [3.05, 3.63) is 40.4 Å². The lowest BCUT2D eigenvalue weighted by atomic mass is 9.99. The van der Waals surface area contributed by atoms with E-state index in [1.54, 1.807) is 0 Å². The van der Waals surface area contributed by atoms with Gasteiger partial charge in [0, 0.05) is 23.7 Å². The summed E-state index contributed by atoms with van der Waals surface area (Å²) < 4.78 is 26.4. The number of ketones is 1. The maximum absolute atomic E-state index is 13.3. The molecule has 2 aliphatic rings. The molecule has 2 nitrogen and oxygen atoms in total. The molecule has 2 heterocycles. The lowest BCUT2D eigenvalue weighted by molar-refractivity contribution is 0.0977. The molecule has 0 N–H and O–H groups in total. The van der Waals surface area contributed by atoms with Crippen LogP contribution in [0.25, 0.3) is 0 Å². The van der Waals surface area contributed by atoms with E-state index in [1.165, 1.54) is 11.8 Å². The average Bonchev–Trinajstić information content (AvgIpc) is 2.63. The van der Waals surface area contributed by atoms with Crippen molar-refractivity contribution in [2.24, 2.45) is 0 Å². The van der Waals surface area contributed by atoms with Gasteiger partial charge in [-0.15, -0.1) is 11.8 Å². The van der Waals surface area contributed by atoms with Crippen molar-refractivity contribution in [3.8, 4) is 0 Å². The van der Waals surface area contributed by atoms with Crippen molar-refractivity contribution in [2.75, 3.05) is 4.90 Å². The highest BCUT2D eigenvalue weighted by Crippen LogP contribution is 2.43. The molecule has 0 aromatic heterocycles. The highest BCUT2D eigenvalue weighted by molar-refractivity contribution is 8.03. The minimum Gasteiger partial charge on any atom is -0.331 e. The number of nitrogens with zero attached hydrogens (tertiary/aromatic N) is 1. The fourth-order valence-electron chi connectivity index (χ4n) is 2.23. The Morgan fingerprint density at radius 1 is 1.35 bits per heavy atom. The lowest BCUT2D eigenvalue weighted by Crippen LogP contribution is -2.35. The Hall–Kier alpha value is -1.36. The Morgan fingerprint density at radius 2 is 2.06 bits per heavy atom. The van der Waals surface area contributed by atoms with Crippen LogP contribution in [0.2, 0.25) is 0 Å². The molecule has 0 radical (unpaired) electrons. The molecule has 0 amide bonds. The minimum absolute atomic E-state index is 0.0140. The summed E-state index contributed by atoms with van der Waals surface area (Å²) >= 11 is 1.54. The maximum atomic E-state index is 13.3. The number of carbonyl (C=O) groups is 1. The normalized spacial score (nSPS) is 22.3. The second-order valence-electron chi connectivity index (χ2n) is 4.13. The number of allylic oxidation sites excluding steroid dienone is 1. The molecule has 1 aromatic carbocycles. The number of Topliss-reactive ketones (excluding diaryl/α,β-unsaturated/α-hetero) is 1. The monoisotopic (exact) mass is 253 g/mol. The number of thioether (sulfide) groups is 1. The number of benzene rings is 1. The summed E-state index contributed by atoms with van der Waals surface area (Å²) in [6.45, 7) is 1.90. The van der Waals surface area contributed by atoms with Gasteiger partial charge in [0.25, 0.3) is 0 Å². The Bertz CT molecular complexity index is 556. The Balaban J connectivity index is 2.21. The van der Waals surface area contributed by atoms with Gasteiger partial charge in [-0.2, -0.15) is 0 Å². The topological polar surface area (TPSA) is 20.3 Å². The highest BCUT2D eigenvalue weighted by atomic mass is 32.2. The summed E-state index contributed by atoms with van der Waals surface area (Å²) in [4.78, 5) is 13.7. The van der Waals surface area contributed by atoms with Gasteiger partial charge in [-0.25, -0.2) is 8.78 Å². The van der Waals surface area contributed by atoms with Crippen LogP contribution in [0.5, 0.6) is 0 Å². The second-order valence-corrected chi connectivity index (χ2v) is 5.18. The standard InChI is InChI=1S/C12H9F2NOS/c1-6-5-17-12-4-11(16)7-2-8(13)9(14)3-10(7)15(6)12/h2-3,5,12H,4H2,1H3. The number of hydrogen-bond acceptors (Lipinski definition) is 3. The summed E-state index contributed by atoms with van der Waals surface area (Å²) in [5.74, 6) is -2.01. The lowest BCUT2D eigenvalue weighted by Gasteiger charge is -2.33. The number of anilines is 1. The van der Waals surface area contributed by atoms with Gasteiger partial charge in [0.2, 0.25) is 0 Å². The third-order valence-electron chi connectivity index (χ3n) is 3.02. The first-order chi connectivity index (χ1) is 8.08. The van der Waals surface area contributed by atoms with E-state index in [4.69, 9.17) is 0 Å². The average molecular weight is 253 g/mol. The number of halogens is 2. The number of hydrogen-bond donors (Lipinski definition) is 0. The summed E-state index contributed by atoms with van der Waals surface area (Å²) in [6.07, 6.45) is 0.330. The van der Waals surface area contributed by atoms with Crippen LogP contribution in [0, 0.1) is 11.6 Å². The molecule has 5 heteroatoms. The SMILES string of the molecule is CC1=CSC2CC(=O)c3cc(F)c(F)cc3N12. The Morgan fingerprint density at radius 3 is 2.82 bits per heavy atom. The zero-order valence-electron chi connectivity index (χ0n) is 9.04. The van der Waals surface area contributed by atoms with Crippen molar-refractivity contribution in [1.29, 1.82) is 0 Å². The van der Waals surface area contributed by atoms with Gasteiger partial charge < -0.3 is 4.90 Å². The summed E-state index contributed by atoms with van der Waals surface area (Å²) in [7, 11) is 0. The van der Waals surface area contributed by atoms with E-state index in [0.717, 1.165) is 17.8 Å². The summed E-state index contributed by atoms with van der Waals surface area (Å²) in [5, 5.41) is 1.92. The molecule has 2 aliphatic heterocycles. The first-order valence-corrected chi connectivity index (χ1v) is 6.16. The molecule has 0 bridgehead atoms. The molecule has 1 aromatic rings. The zero-order chi connectivity index (χ0) is 12.2. The minimum atomic E-state index is -0.968. The number of rotatable bonds is 0. The van der Waals surface area contributed by atoms with Crippen molar-refractivity contribution in [3.63, 3.8) is 0 Å². The van der Waals surface area contributed by atoms with Gasteiger partial charge in [-0.1, -0.05) is 0 Å². The third kappa shape index (κ3) is 1.49. The predicted molar refractivity (Wildman–Crippen MR) is 62.9 cm³/mol. The van der Waals surface area contributed by atoms with E-state index >= 15 is 0 Å². The van der Waals surface area contributed by atoms with Gasteiger partial charge in [0.15, 0.2) is 17.4 Å². The van der Waals surface area contributed by atoms with Crippen LogP contribution in [-0.4, -0.2) is 11.2 Å². The molecule has 0 aliphatic carbocycles. The first-order valence-electron chi connectivity index (χ1n) is 5.21. The molecule has 0 spiro atoms. The van der Waals surface area contributed by atoms with Gasteiger partial charge in [0.1, 0.15) is 0 Å². The van der Waals surface area contributed by atoms with Crippen molar-refractivity contribution in [1.82, 2.24) is 0 Å². The molecule has 1 unspecified atom stereocenters. The van der Waals surface area contributed by atoms with E-state index in [0.29, 0.717) is 12.1 Å². The smallest absolute Gasteiger partial charge is 0.168 e. The van der Waals surface area contributed by atoms with E-state index in [2.05, 4.69) is 0 Å². The van der Waals surface area contributed by atoms with Gasteiger partial charge in [-0.05, 0) is 18.4 Å². The van der Waals surface area contributed by atoms with Crippen LogP contribution in [0.4, 0.5) is 14.5 Å². The second kappa shape index (κ2) is 3.57. The van der Waals surface area contributed by atoms with Gasteiger partial charge in [-0.3, -0.25) is 4.79 Å². The fraction of sp³-hybridized carbons (Fsp3) is 0.250. The largest absolute Gasteiger partial charge is 0.331 e. The Labute approximate surface area is 101 Å². The maximum Gasteiger partial charge on any atom is 0.168 e. The zero-order valence-corrected chi connectivity index (χ0v) is 9.85. The van der Waals surface area contributed by atoms with Crippen molar-refractivity contribution < 1.29 is 13.6 Å². The molecule has 3 rings (SSSR count). The van der Waals surface area contributed by atoms with E-state index in [-0.39, 0.29) is 16.7 Å². The molecule has 17 heavy (non-hydrogen) atoms. The predicted octanol–water partition coefficient (Wildman–Crippen LogP) is 3.29. The number of carbonyl (C=O) groups excluding carboxylic acids is 1. The summed E-state index contributed by atoms with van der Waals surface area (Å²) in [5.41, 5.74) is 1.71. The van der Waals surface area contributed by atoms with Crippen LogP contribution in [0.1, 0.15) is 23.7 Å².